The quantitative estimate of drug-likeness (QED) is 0.927. The Hall–Kier alpha value is -1.39. The average Bonchev–Trinajstić information content (AvgIpc) is 2.75. The van der Waals surface area contributed by atoms with Crippen molar-refractivity contribution < 1.29 is 4.39 Å². The zero-order chi connectivity index (χ0) is 13.3. The minimum Gasteiger partial charge on any atom is -0.322 e. The highest BCUT2D eigenvalue weighted by Crippen LogP contribution is 2.24. The van der Waals surface area contributed by atoms with Gasteiger partial charge < -0.3 is 10.3 Å². The largest absolute Gasteiger partial charge is 0.322 e. The molecule has 1 atom stereocenters. The lowest BCUT2D eigenvalue weighted by molar-refractivity contribution is 0.496. The normalized spacial score (nSPS) is 13.0. The number of benzene rings is 1. The van der Waals surface area contributed by atoms with Gasteiger partial charge in [0.05, 0.1) is 23.9 Å². The van der Waals surface area contributed by atoms with Crippen LogP contribution in [-0.2, 0) is 0 Å². The van der Waals surface area contributed by atoms with E-state index in [4.69, 9.17) is 17.3 Å². The molecule has 0 fully saturated rings. The lowest BCUT2D eigenvalue weighted by Gasteiger charge is -2.18. The van der Waals surface area contributed by atoms with Crippen LogP contribution in [0.5, 0.6) is 0 Å². The highest BCUT2D eigenvalue weighted by atomic mass is 35.5. The van der Waals surface area contributed by atoms with Crippen molar-refractivity contribution >= 4 is 11.6 Å². The molecule has 1 aromatic heterocycles. The second-order valence-electron chi connectivity index (χ2n) is 4.59. The molecule has 0 bridgehead atoms. The Bertz CT molecular complexity index is 531. The summed E-state index contributed by atoms with van der Waals surface area (Å²) >= 11 is 5.86. The summed E-state index contributed by atoms with van der Waals surface area (Å²) in [6, 6.07) is 4.20. The summed E-state index contributed by atoms with van der Waals surface area (Å²) in [6.07, 6.45) is 3.31. The van der Waals surface area contributed by atoms with Gasteiger partial charge in [0.2, 0.25) is 0 Å². The highest BCUT2D eigenvalue weighted by molar-refractivity contribution is 6.30. The van der Waals surface area contributed by atoms with E-state index < -0.39 is 0 Å². The first-order valence-corrected chi connectivity index (χ1v) is 6.11. The number of rotatable bonds is 3. The molecule has 0 saturated heterocycles. The molecule has 18 heavy (non-hydrogen) atoms. The third kappa shape index (κ3) is 2.54. The monoisotopic (exact) mass is 267 g/mol. The summed E-state index contributed by atoms with van der Waals surface area (Å²) in [5.74, 6) is -0.111. The second kappa shape index (κ2) is 5.08. The third-order valence-electron chi connectivity index (χ3n) is 2.85. The fourth-order valence-electron chi connectivity index (χ4n) is 1.79. The number of halogens is 2. The molecule has 0 spiro atoms. The molecule has 3 nitrogen and oxygen atoms in total. The molecule has 1 aromatic carbocycles. The number of hydrogen-bond donors (Lipinski definition) is 1. The topological polar surface area (TPSA) is 43.8 Å². The zero-order valence-electron chi connectivity index (χ0n) is 10.3. The van der Waals surface area contributed by atoms with Gasteiger partial charge in [0.1, 0.15) is 5.82 Å². The highest BCUT2D eigenvalue weighted by Gasteiger charge is 2.16. The van der Waals surface area contributed by atoms with Crippen LogP contribution in [0.15, 0.2) is 30.7 Å². The van der Waals surface area contributed by atoms with E-state index in [0.717, 1.165) is 5.69 Å². The van der Waals surface area contributed by atoms with E-state index in [9.17, 15) is 4.39 Å². The summed E-state index contributed by atoms with van der Waals surface area (Å²) in [5, 5.41) is 0.350. The average molecular weight is 268 g/mol. The summed E-state index contributed by atoms with van der Waals surface area (Å²) in [6.45, 7) is 4.06. The number of hydrogen-bond acceptors (Lipinski definition) is 2. The lowest BCUT2D eigenvalue weighted by Crippen LogP contribution is -2.19. The fraction of sp³-hybridized carbons (Fsp3) is 0.308. The van der Waals surface area contributed by atoms with E-state index in [2.05, 4.69) is 4.98 Å². The van der Waals surface area contributed by atoms with E-state index in [1.54, 1.807) is 23.2 Å². The molecule has 1 heterocycles. The van der Waals surface area contributed by atoms with E-state index in [0.29, 0.717) is 10.7 Å². The molecule has 0 saturated carbocycles. The number of imidazole rings is 1. The maximum atomic E-state index is 13.4. The number of nitrogens with zero attached hydrogens (tertiary/aromatic N) is 2. The Morgan fingerprint density at radius 1 is 1.33 bits per heavy atom. The van der Waals surface area contributed by atoms with Crippen LogP contribution < -0.4 is 5.73 Å². The van der Waals surface area contributed by atoms with Crippen LogP contribution in [0.3, 0.4) is 0 Å². The smallest absolute Gasteiger partial charge is 0.126 e. The van der Waals surface area contributed by atoms with Gasteiger partial charge in [0.25, 0.3) is 0 Å². The maximum absolute atomic E-state index is 13.4. The third-order valence-corrected chi connectivity index (χ3v) is 3.07. The molecule has 0 amide bonds. The van der Waals surface area contributed by atoms with Crippen LogP contribution in [0, 0.1) is 11.7 Å². The second-order valence-corrected chi connectivity index (χ2v) is 5.02. The van der Waals surface area contributed by atoms with Crippen molar-refractivity contribution in [2.45, 2.75) is 19.9 Å². The van der Waals surface area contributed by atoms with Gasteiger partial charge in [0, 0.05) is 11.1 Å². The van der Waals surface area contributed by atoms with Gasteiger partial charge in [-0.25, -0.2) is 9.37 Å². The van der Waals surface area contributed by atoms with E-state index in [1.165, 1.54) is 12.1 Å². The van der Waals surface area contributed by atoms with Gasteiger partial charge in [-0.2, -0.15) is 0 Å². The first-order chi connectivity index (χ1) is 8.49. The molecule has 96 valence electrons. The fourth-order valence-corrected chi connectivity index (χ4v) is 2.00. The summed E-state index contributed by atoms with van der Waals surface area (Å²) in [5.41, 5.74) is 7.58. The zero-order valence-corrected chi connectivity index (χ0v) is 11.0. The summed E-state index contributed by atoms with van der Waals surface area (Å²) in [4.78, 5) is 4.08. The predicted molar refractivity (Wildman–Crippen MR) is 70.3 cm³/mol. The molecule has 2 rings (SSSR count). The minimum atomic E-state index is -0.379. The molecule has 0 aliphatic carbocycles. The molecule has 2 N–H and O–H groups in total. The summed E-state index contributed by atoms with van der Waals surface area (Å²) in [7, 11) is 0. The molecular formula is C13H15ClFN3. The van der Waals surface area contributed by atoms with Crippen LogP contribution in [0.2, 0.25) is 5.02 Å². The Balaban J connectivity index is 2.48. The lowest BCUT2D eigenvalue weighted by atomic mass is 10.0. The van der Waals surface area contributed by atoms with E-state index in [1.807, 2.05) is 13.8 Å². The van der Waals surface area contributed by atoms with Crippen LogP contribution in [-0.4, -0.2) is 9.55 Å². The number of nitrogens with two attached hydrogens (primary N) is 1. The molecule has 0 aliphatic heterocycles. The van der Waals surface area contributed by atoms with Gasteiger partial charge >= 0.3 is 0 Å². The summed E-state index contributed by atoms with van der Waals surface area (Å²) < 4.78 is 15.1. The van der Waals surface area contributed by atoms with Crippen molar-refractivity contribution in [1.29, 1.82) is 0 Å². The first-order valence-electron chi connectivity index (χ1n) is 5.73. The SMILES string of the molecule is CC(C)C(N)c1cncn1-c1cc(F)cc(Cl)c1. The van der Waals surface area contributed by atoms with Crippen molar-refractivity contribution in [1.82, 2.24) is 9.55 Å². The van der Waals surface area contributed by atoms with Crippen molar-refractivity contribution in [2.24, 2.45) is 11.7 Å². The van der Waals surface area contributed by atoms with Crippen molar-refractivity contribution in [2.75, 3.05) is 0 Å². The Labute approximate surface area is 110 Å². The van der Waals surface area contributed by atoms with Crippen LogP contribution in [0.1, 0.15) is 25.6 Å². The molecule has 0 aliphatic rings. The van der Waals surface area contributed by atoms with Gasteiger partial charge in [-0.15, -0.1) is 0 Å². The Kier molecular flexibility index (Phi) is 3.68. The standard InChI is InChI=1S/C13H15ClFN3/c1-8(2)13(16)12-6-17-7-18(12)11-4-9(14)3-10(15)5-11/h3-8,13H,16H2,1-2H3. The van der Waals surface area contributed by atoms with E-state index >= 15 is 0 Å². The Morgan fingerprint density at radius 2 is 2.06 bits per heavy atom. The van der Waals surface area contributed by atoms with Gasteiger partial charge in [-0.1, -0.05) is 25.4 Å². The van der Waals surface area contributed by atoms with Crippen molar-refractivity contribution in [3.63, 3.8) is 0 Å². The molecule has 1 unspecified atom stereocenters. The van der Waals surface area contributed by atoms with Gasteiger partial charge in [-0.3, -0.25) is 0 Å². The van der Waals surface area contributed by atoms with Crippen LogP contribution in [0.4, 0.5) is 4.39 Å². The van der Waals surface area contributed by atoms with Crippen LogP contribution >= 0.6 is 11.6 Å². The number of aromatic nitrogens is 2. The van der Waals surface area contributed by atoms with Gasteiger partial charge in [-0.05, 0) is 24.1 Å². The Morgan fingerprint density at radius 3 is 2.67 bits per heavy atom. The molecule has 5 heteroatoms. The molecule has 0 radical (unpaired) electrons. The molecular weight excluding hydrogens is 253 g/mol. The van der Waals surface area contributed by atoms with Crippen molar-refractivity contribution in [3.8, 4) is 5.69 Å². The predicted octanol–water partition coefficient (Wildman–Crippen LogP) is 3.32. The molecule has 2 aromatic rings. The van der Waals surface area contributed by atoms with Crippen LogP contribution in [0.25, 0.3) is 5.69 Å². The minimum absolute atomic E-state index is 0.158. The maximum Gasteiger partial charge on any atom is 0.126 e. The first kappa shape index (κ1) is 13.1. The van der Waals surface area contributed by atoms with E-state index in [-0.39, 0.29) is 17.8 Å². The van der Waals surface area contributed by atoms with Gasteiger partial charge in [0.15, 0.2) is 0 Å². The van der Waals surface area contributed by atoms with Crippen molar-refractivity contribution in [3.05, 3.63) is 47.3 Å².